The van der Waals surface area contributed by atoms with Crippen LogP contribution in [-0.4, -0.2) is 36.4 Å². The fourth-order valence-electron chi connectivity index (χ4n) is 7.17. The molecular formula is C24H36F2O5. The highest BCUT2D eigenvalue weighted by Gasteiger charge is 2.58. The molecule has 7 atom stereocenters. The van der Waals surface area contributed by atoms with Gasteiger partial charge in [0.15, 0.2) is 0 Å². The van der Waals surface area contributed by atoms with Crippen molar-refractivity contribution in [2.75, 3.05) is 13.2 Å². The van der Waals surface area contributed by atoms with Crippen molar-refractivity contribution in [3.63, 3.8) is 0 Å². The van der Waals surface area contributed by atoms with Gasteiger partial charge in [-0.05, 0) is 73.5 Å². The van der Waals surface area contributed by atoms with Crippen molar-refractivity contribution < 1.29 is 33.0 Å². The number of allylic oxidation sites excluding steroid dienone is 1. The number of aliphatic hydroxyl groups excluding tert-OH is 1. The van der Waals surface area contributed by atoms with Gasteiger partial charge in [0.2, 0.25) is 0 Å². The van der Waals surface area contributed by atoms with E-state index in [-0.39, 0.29) is 65.9 Å². The van der Waals surface area contributed by atoms with Crippen LogP contribution >= 0.6 is 0 Å². The summed E-state index contributed by atoms with van der Waals surface area (Å²) in [7, 11) is 0. The highest BCUT2D eigenvalue weighted by molar-refractivity contribution is 5.66. The van der Waals surface area contributed by atoms with E-state index >= 15 is 0 Å². The SMILES string of the molecule is CC(=O)OC[C@H]1C[C@@H](OC(C)=O)CC[C@]1(C)C1CC[C@]2(C)C(=C(F)F)CCC2C1CO. The molecule has 0 radical (unpaired) electrons. The minimum atomic E-state index is -1.55. The van der Waals surface area contributed by atoms with Gasteiger partial charge < -0.3 is 14.6 Å². The van der Waals surface area contributed by atoms with Gasteiger partial charge in [0.25, 0.3) is 6.08 Å². The maximum absolute atomic E-state index is 13.6. The number of aliphatic hydroxyl groups is 1. The molecule has 0 spiro atoms. The molecule has 0 aromatic carbocycles. The molecule has 7 heteroatoms. The standard InChI is InChI=1S/C24H36F2O5/c1-14(28)30-13-16-11-17(31-15(2)29)7-9-23(16,3)20-8-10-24(4)19(18(20)12-27)5-6-21(24)22(25)26/h16-20,27H,5-13H2,1-4H3/t16-,17+,18?,19?,20?,23+,24+/m1/s1. The molecule has 3 aliphatic carbocycles. The summed E-state index contributed by atoms with van der Waals surface area (Å²) in [4.78, 5) is 23.0. The van der Waals surface area contributed by atoms with Gasteiger partial charge in [0, 0.05) is 31.9 Å². The third-order valence-corrected chi connectivity index (χ3v) is 8.81. The molecule has 3 aliphatic rings. The molecule has 3 rings (SSSR count). The second kappa shape index (κ2) is 9.16. The number of rotatable bonds is 5. The average Bonchev–Trinajstić information content (AvgIpc) is 3.04. The number of hydrogen-bond donors (Lipinski definition) is 1. The van der Waals surface area contributed by atoms with Gasteiger partial charge >= 0.3 is 11.9 Å². The highest BCUT2D eigenvalue weighted by Crippen LogP contribution is 2.64. The van der Waals surface area contributed by atoms with Gasteiger partial charge in [0.1, 0.15) is 6.10 Å². The Hall–Kier alpha value is -1.50. The van der Waals surface area contributed by atoms with E-state index in [4.69, 9.17) is 9.47 Å². The monoisotopic (exact) mass is 442 g/mol. The quantitative estimate of drug-likeness (QED) is 0.615. The maximum atomic E-state index is 13.6. The van der Waals surface area contributed by atoms with E-state index in [9.17, 15) is 23.5 Å². The van der Waals surface area contributed by atoms with E-state index in [1.807, 2.05) is 6.92 Å². The van der Waals surface area contributed by atoms with E-state index in [0.29, 0.717) is 32.1 Å². The van der Waals surface area contributed by atoms with Crippen LogP contribution in [0.25, 0.3) is 0 Å². The van der Waals surface area contributed by atoms with Crippen molar-refractivity contribution in [1.29, 1.82) is 0 Å². The van der Waals surface area contributed by atoms with Crippen molar-refractivity contribution in [3.05, 3.63) is 11.7 Å². The predicted molar refractivity (Wildman–Crippen MR) is 111 cm³/mol. The lowest BCUT2D eigenvalue weighted by Crippen LogP contribution is -2.52. The number of carbonyl (C=O) groups excluding carboxylic acids is 2. The van der Waals surface area contributed by atoms with Gasteiger partial charge in [-0.1, -0.05) is 13.8 Å². The van der Waals surface area contributed by atoms with Crippen molar-refractivity contribution in [1.82, 2.24) is 0 Å². The summed E-state index contributed by atoms with van der Waals surface area (Å²) >= 11 is 0. The molecule has 3 saturated carbocycles. The molecule has 0 amide bonds. The van der Waals surface area contributed by atoms with E-state index < -0.39 is 11.5 Å². The second-order valence-corrected chi connectivity index (χ2v) is 10.3. The van der Waals surface area contributed by atoms with Crippen LogP contribution in [0, 0.1) is 34.5 Å². The normalized spacial score (nSPS) is 40.2. The summed E-state index contributed by atoms with van der Waals surface area (Å²) in [6.45, 7) is 7.11. The summed E-state index contributed by atoms with van der Waals surface area (Å²) in [6.07, 6.45) is 2.82. The highest BCUT2D eigenvalue weighted by atomic mass is 19.3. The minimum absolute atomic E-state index is 0.0187. The molecule has 1 N–H and O–H groups in total. The van der Waals surface area contributed by atoms with Crippen LogP contribution in [0.2, 0.25) is 0 Å². The van der Waals surface area contributed by atoms with Crippen LogP contribution in [0.5, 0.6) is 0 Å². The third kappa shape index (κ3) is 4.53. The van der Waals surface area contributed by atoms with E-state index in [2.05, 4.69) is 6.92 Å². The Morgan fingerprint density at radius 2 is 1.77 bits per heavy atom. The summed E-state index contributed by atoms with van der Waals surface area (Å²) in [6, 6.07) is 0. The molecule has 0 aromatic rings. The van der Waals surface area contributed by atoms with Crippen molar-refractivity contribution in [3.8, 4) is 0 Å². The molecule has 5 nitrogen and oxygen atoms in total. The zero-order valence-electron chi connectivity index (χ0n) is 19.1. The Bertz CT molecular complexity index is 733. The van der Waals surface area contributed by atoms with E-state index in [1.165, 1.54) is 13.8 Å². The molecule has 0 heterocycles. The summed E-state index contributed by atoms with van der Waals surface area (Å²) in [5.41, 5.74) is -0.518. The number of ether oxygens (including phenoxy) is 2. The fourth-order valence-corrected chi connectivity index (χ4v) is 7.17. The topological polar surface area (TPSA) is 72.8 Å². The van der Waals surface area contributed by atoms with Crippen LogP contribution in [0.3, 0.4) is 0 Å². The largest absolute Gasteiger partial charge is 0.466 e. The molecule has 0 bridgehead atoms. The average molecular weight is 443 g/mol. The van der Waals surface area contributed by atoms with Crippen LogP contribution < -0.4 is 0 Å². The minimum Gasteiger partial charge on any atom is -0.466 e. The fraction of sp³-hybridized carbons (Fsp3) is 0.833. The first-order chi connectivity index (χ1) is 14.5. The third-order valence-electron chi connectivity index (χ3n) is 8.81. The summed E-state index contributed by atoms with van der Waals surface area (Å²) in [5, 5.41) is 10.4. The van der Waals surface area contributed by atoms with Crippen LogP contribution in [0.4, 0.5) is 8.78 Å². The smallest absolute Gasteiger partial charge is 0.302 e. The zero-order chi connectivity index (χ0) is 23.0. The Kier molecular flexibility index (Phi) is 7.14. The van der Waals surface area contributed by atoms with E-state index in [1.54, 1.807) is 0 Å². The van der Waals surface area contributed by atoms with Gasteiger partial charge in [0.05, 0.1) is 6.61 Å². The number of halogens is 2. The number of esters is 2. The van der Waals surface area contributed by atoms with Gasteiger partial charge in [-0.3, -0.25) is 9.59 Å². The second-order valence-electron chi connectivity index (χ2n) is 10.3. The van der Waals surface area contributed by atoms with Crippen LogP contribution in [0.15, 0.2) is 11.7 Å². The first-order valence-electron chi connectivity index (χ1n) is 11.5. The number of fused-ring (bicyclic) bond motifs is 1. The lowest BCUT2D eigenvalue weighted by Gasteiger charge is -2.56. The number of hydrogen-bond acceptors (Lipinski definition) is 5. The van der Waals surface area contributed by atoms with Gasteiger partial charge in [-0.15, -0.1) is 0 Å². The molecule has 3 unspecified atom stereocenters. The Balaban J connectivity index is 1.88. The molecular weight excluding hydrogens is 406 g/mol. The molecule has 0 saturated heterocycles. The number of carbonyl (C=O) groups is 2. The first-order valence-corrected chi connectivity index (χ1v) is 11.5. The molecule has 31 heavy (non-hydrogen) atoms. The first kappa shape index (κ1) is 24.1. The molecule has 0 aliphatic heterocycles. The Labute approximate surface area is 183 Å². The zero-order valence-corrected chi connectivity index (χ0v) is 19.1. The molecule has 0 aromatic heterocycles. The summed E-state index contributed by atoms with van der Waals surface area (Å²) in [5.74, 6) is -0.615. The molecule has 3 fully saturated rings. The summed E-state index contributed by atoms with van der Waals surface area (Å²) < 4.78 is 38.1. The lowest BCUT2D eigenvalue weighted by atomic mass is 9.49. The maximum Gasteiger partial charge on any atom is 0.302 e. The van der Waals surface area contributed by atoms with Gasteiger partial charge in [-0.2, -0.15) is 8.78 Å². The molecule has 176 valence electrons. The Morgan fingerprint density at radius 1 is 1.06 bits per heavy atom. The van der Waals surface area contributed by atoms with Crippen molar-refractivity contribution >= 4 is 11.9 Å². The predicted octanol–water partition coefficient (Wildman–Crippen LogP) is 4.87. The lowest BCUT2D eigenvalue weighted by molar-refractivity contribution is -0.162. The van der Waals surface area contributed by atoms with Crippen molar-refractivity contribution in [2.24, 2.45) is 34.5 Å². The Morgan fingerprint density at radius 3 is 2.35 bits per heavy atom. The van der Waals surface area contributed by atoms with Crippen LogP contribution in [0.1, 0.15) is 72.6 Å². The van der Waals surface area contributed by atoms with E-state index in [0.717, 1.165) is 12.8 Å². The van der Waals surface area contributed by atoms with Crippen molar-refractivity contribution in [2.45, 2.75) is 78.7 Å². The van der Waals surface area contributed by atoms with Crippen LogP contribution in [-0.2, 0) is 19.1 Å². The van der Waals surface area contributed by atoms with Gasteiger partial charge in [-0.25, -0.2) is 0 Å².